The van der Waals surface area contributed by atoms with Crippen molar-refractivity contribution in [2.45, 2.75) is 46.1 Å². The third kappa shape index (κ3) is 3.69. The fourth-order valence-corrected chi connectivity index (χ4v) is 3.60. The van der Waals surface area contributed by atoms with Gasteiger partial charge in [0, 0.05) is 44.8 Å². The predicted octanol–water partition coefficient (Wildman–Crippen LogP) is 1.79. The zero-order chi connectivity index (χ0) is 13.2. The van der Waals surface area contributed by atoms with Crippen LogP contribution in [0.2, 0.25) is 0 Å². The molecule has 106 valence electrons. The zero-order valence-electron chi connectivity index (χ0n) is 12.8. The van der Waals surface area contributed by atoms with Crippen molar-refractivity contribution in [2.24, 2.45) is 5.41 Å². The van der Waals surface area contributed by atoms with Crippen molar-refractivity contribution in [1.82, 2.24) is 15.1 Å². The van der Waals surface area contributed by atoms with Crippen molar-refractivity contribution in [2.75, 3.05) is 45.8 Å². The number of nitrogens with zero attached hydrogens (tertiary/aromatic N) is 2. The molecule has 0 radical (unpaired) electrons. The number of likely N-dealkylation sites (tertiary alicyclic amines) is 1. The highest BCUT2D eigenvalue weighted by Gasteiger charge is 2.33. The number of hydrogen-bond donors (Lipinski definition) is 1. The summed E-state index contributed by atoms with van der Waals surface area (Å²) in [6, 6.07) is 0. The molecule has 2 fully saturated rings. The molecule has 18 heavy (non-hydrogen) atoms. The second-order valence-corrected chi connectivity index (χ2v) is 7.53. The molecule has 0 aromatic heterocycles. The summed E-state index contributed by atoms with van der Waals surface area (Å²) >= 11 is 0. The maximum Gasteiger partial charge on any atom is 0.0281 e. The Bertz CT molecular complexity index is 267. The minimum atomic E-state index is 0.315. The molecule has 0 unspecified atom stereocenters. The van der Waals surface area contributed by atoms with Crippen molar-refractivity contribution in [1.29, 1.82) is 0 Å². The van der Waals surface area contributed by atoms with Crippen LogP contribution < -0.4 is 5.32 Å². The first-order chi connectivity index (χ1) is 8.39. The Labute approximate surface area is 113 Å². The van der Waals surface area contributed by atoms with Gasteiger partial charge in [-0.3, -0.25) is 4.90 Å². The molecule has 2 aliphatic heterocycles. The molecule has 0 aromatic carbocycles. The van der Waals surface area contributed by atoms with Crippen molar-refractivity contribution in [3.63, 3.8) is 0 Å². The first-order valence-corrected chi connectivity index (χ1v) is 7.57. The normalized spacial score (nSPS) is 27.3. The topological polar surface area (TPSA) is 18.5 Å². The Balaban J connectivity index is 1.90. The zero-order valence-corrected chi connectivity index (χ0v) is 12.8. The molecule has 0 spiro atoms. The van der Waals surface area contributed by atoms with E-state index in [-0.39, 0.29) is 0 Å². The first kappa shape index (κ1) is 14.3. The lowest BCUT2D eigenvalue weighted by molar-refractivity contribution is 0.0318. The lowest BCUT2D eigenvalue weighted by atomic mass is 9.83. The van der Waals surface area contributed by atoms with Gasteiger partial charge in [0.25, 0.3) is 0 Å². The molecule has 0 aliphatic carbocycles. The van der Waals surface area contributed by atoms with E-state index in [4.69, 9.17) is 0 Å². The molecular formula is C15H31N3. The summed E-state index contributed by atoms with van der Waals surface area (Å²) < 4.78 is 0. The summed E-state index contributed by atoms with van der Waals surface area (Å²) in [5.74, 6) is 0. The summed E-state index contributed by atoms with van der Waals surface area (Å²) in [7, 11) is 0. The number of rotatable bonds is 3. The van der Waals surface area contributed by atoms with E-state index < -0.39 is 0 Å². The standard InChI is InChI=1S/C15H31N3/c1-14(2)6-5-9-17(12-14)13-15(3,4)18-10-7-16-8-11-18/h16H,5-13H2,1-4H3. The minimum Gasteiger partial charge on any atom is -0.314 e. The highest BCUT2D eigenvalue weighted by molar-refractivity contribution is 4.90. The van der Waals surface area contributed by atoms with Crippen LogP contribution in [0, 0.1) is 5.41 Å². The van der Waals surface area contributed by atoms with Crippen LogP contribution in [-0.2, 0) is 0 Å². The Morgan fingerprint density at radius 1 is 1.11 bits per heavy atom. The maximum absolute atomic E-state index is 3.45. The molecule has 1 N–H and O–H groups in total. The van der Waals surface area contributed by atoms with Gasteiger partial charge in [-0.25, -0.2) is 0 Å². The molecule has 0 amide bonds. The first-order valence-electron chi connectivity index (χ1n) is 7.57. The molecule has 2 aliphatic rings. The molecule has 0 aromatic rings. The fourth-order valence-electron chi connectivity index (χ4n) is 3.60. The van der Waals surface area contributed by atoms with Gasteiger partial charge in [0.15, 0.2) is 0 Å². The van der Waals surface area contributed by atoms with E-state index >= 15 is 0 Å². The van der Waals surface area contributed by atoms with E-state index in [0.29, 0.717) is 11.0 Å². The smallest absolute Gasteiger partial charge is 0.0281 e. The highest BCUT2D eigenvalue weighted by atomic mass is 15.3. The third-order valence-corrected chi connectivity index (χ3v) is 4.56. The third-order valence-electron chi connectivity index (χ3n) is 4.56. The quantitative estimate of drug-likeness (QED) is 0.827. The molecular weight excluding hydrogens is 222 g/mol. The molecule has 3 heteroatoms. The molecule has 2 rings (SSSR count). The van der Waals surface area contributed by atoms with Crippen LogP contribution >= 0.6 is 0 Å². The van der Waals surface area contributed by atoms with Crippen molar-refractivity contribution >= 4 is 0 Å². The van der Waals surface area contributed by atoms with Crippen LogP contribution in [0.4, 0.5) is 0 Å². The lowest BCUT2D eigenvalue weighted by Crippen LogP contribution is -2.58. The molecule has 3 nitrogen and oxygen atoms in total. The summed E-state index contributed by atoms with van der Waals surface area (Å²) in [5.41, 5.74) is 0.827. The van der Waals surface area contributed by atoms with E-state index in [1.807, 2.05) is 0 Å². The molecule has 0 atom stereocenters. The second kappa shape index (κ2) is 5.48. The van der Waals surface area contributed by atoms with Crippen LogP contribution in [-0.4, -0.2) is 61.2 Å². The van der Waals surface area contributed by atoms with E-state index in [2.05, 4.69) is 42.8 Å². The number of piperidine rings is 1. The summed E-state index contributed by atoms with van der Waals surface area (Å²) in [4.78, 5) is 5.34. The van der Waals surface area contributed by atoms with Crippen LogP contribution in [0.3, 0.4) is 0 Å². The number of piperazine rings is 1. The molecule has 2 heterocycles. The average Bonchev–Trinajstić information content (AvgIpc) is 2.28. The van der Waals surface area contributed by atoms with Gasteiger partial charge in [0.1, 0.15) is 0 Å². The average molecular weight is 253 g/mol. The fraction of sp³-hybridized carbons (Fsp3) is 1.00. The summed E-state index contributed by atoms with van der Waals surface area (Å²) in [6.07, 6.45) is 2.75. The van der Waals surface area contributed by atoms with Crippen molar-refractivity contribution in [3.8, 4) is 0 Å². The predicted molar refractivity (Wildman–Crippen MR) is 78.0 cm³/mol. The van der Waals surface area contributed by atoms with E-state index in [9.17, 15) is 0 Å². The van der Waals surface area contributed by atoms with E-state index in [1.54, 1.807) is 0 Å². The van der Waals surface area contributed by atoms with Gasteiger partial charge in [-0.05, 0) is 38.6 Å². The van der Waals surface area contributed by atoms with Crippen LogP contribution in [0.5, 0.6) is 0 Å². The Morgan fingerprint density at radius 3 is 2.39 bits per heavy atom. The van der Waals surface area contributed by atoms with Gasteiger partial charge < -0.3 is 10.2 Å². The maximum atomic E-state index is 3.45. The second-order valence-electron chi connectivity index (χ2n) is 7.53. The minimum absolute atomic E-state index is 0.315. The van der Waals surface area contributed by atoms with Crippen LogP contribution in [0.25, 0.3) is 0 Å². The Morgan fingerprint density at radius 2 is 1.78 bits per heavy atom. The molecule has 2 saturated heterocycles. The summed E-state index contributed by atoms with van der Waals surface area (Å²) in [5, 5.41) is 3.45. The van der Waals surface area contributed by atoms with Crippen molar-refractivity contribution in [3.05, 3.63) is 0 Å². The van der Waals surface area contributed by atoms with Gasteiger partial charge in [0.05, 0.1) is 0 Å². The molecule has 0 bridgehead atoms. The molecule has 0 saturated carbocycles. The van der Waals surface area contributed by atoms with E-state index in [1.165, 1.54) is 45.6 Å². The SMILES string of the molecule is CC1(C)CCCN(CC(C)(C)N2CCNCC2)C1. The van der Waals surface area contributed by atoms with Crippen LogP contribution in [0.15, 0.2) is 0 Å². The van der Waals surface area contributed by atoms with E-state index in [0.717, 1.165) is 13.1 Å². The Hall–Kier alpha value is -0.120. The highest BCUT2D eigenvalue weighted by Crippen LogP contribution is 2.30. The van der Waals surface area contributed by atoms with Gasteiger partial charge in [-0.15, -0.1) is 0 Å². The largest absolute Gasteiger partial charge is 0.314 e. The van der Waals surface area contributed by atoms with Gasteiger partial charge >= 0.3 is 0 Å². The van der Waals surface area contributed by atoms with Crippen LogP contribution in [0.1, 0.15) is 40.5 Å². The summed E-state index contributed by atoms with van der Waals surface area (Å²) in [6.45, 7) is 18.1. The number of nitrogens with one attached hydrogen (secondary N) is 1. The van der Waals surface area contributed by atoms with Gasteiger partial charge in [0.2, 0.25) is 0 Å². The monoisotopic (exact) mass is 253 g/mol. The van der Waals surface area contributed by atoms with Gasteiger partial charge in [-0.2, -0.15) is 0 Å². The lowest BCUT2D eigenvalue weighted by Gasteiger charge is -2.47. The van der Waals surface area contributed by atoms with Gasteiger partial charge in [-0.1, -0.05) is 13.8 Å². The Kier molecular flexibility index (Phi) is 4.35. The van der Waals surface area contributed by atoms with Crippen molar-refractivity contribution < 1.29 is 0 Å². The number of hydrogen-bond acceptors (Lipinski definition) is 3.